The third-order valence-electron chi connectivity index (χ3n) is 3.21. The molecule has 2 aromatic rings. The van der Waals surface area contributed by atoms with Crippen LogP contribution in [0, 0.1) is 12.7 Å². The van der Waals surface area contributed by atoms with Crippen LogP contribution in [0.2, 0.25) is 5.02 Å². The van der Waals surface area contributed by atoms with Crippen molar-refractivity contribution in [2.45, 2.75) is 33.4 Å². The predicted octanol–water partition coefficient (Wildman–Crippen LogP) is 3.70. The molecule has 1 atom stereocenters. The molecular weight excluding hydrogens is 277 g/mol. The van der Waals surface area contributed by atoms with Gasteiger partial charge >= 0.3 is 0 Å². The Labute approximate surface area is 123 Å². The van der Waals surface area contributed by atoms with Crippen LogP contribution in [-0.4, -0.2) is 16.3 Å². The molecule has 0 saturated heterocycles. The SMILES string of the molecule is CCNC(c1cc(F)ccc1Cl)c1cc(C)nn1CC. The lowest BCUT2D eigenvalue weighted by molar-refractivity contribution is 0.537. The van der Waals surface area contributed by atoms with Crippen molar-refractivity contribution in [2.75, 3.05) is 6.54 Å². The van der Waals surface area contributed by atoms with Crippen molar-refractivity contribution in [3.8, 4) is 0 Å². The predicted molar refractivity (Wildman–Crippen MR) is 79.6 cm³/mol. The molecule has 1 aromatic heterocycles. The second-order valence-electron chi connectivity index (χ2n) is 4.68. The van der Waals surface area contributed by atoms with Gasteiger partial charge < -0.3 is 5.32 Å². The number of nitrogens with one attached hydrogen (secondary N) is 1. The minimum atomic E-state index is -0.286. The number of hydrogen-bond donors (Lipinski definition) is 1. The molecule has 1 unspecified atom stereocenters. The van der Waals surface area contributed by atoms with E-state index in [0.29, 0.717) is 5.02 Å². The van der Waals surface area contributed by atoms with Crippen LogP contribution in [-0.2, 0) is 6.54 Å². The van der Waals surface area contributed by atoms with Gasteiger partial charge in [-0.15, -0.1) is 0 Å². The maximum Gasteiger partial charge on any atom is 0.123 e. The van der Waals surface area contributed by atoms with Crippen LogP contribution in [0.4, 0.5) is 4.39 Å². The van der Waals surface area contributed by atoms with Crippen molar-refractivity contribution in [1.29, 1.82) is 0 Å². The third kappa shape index (κ3) is 3.02. The highest BCUT2D eigenvalue weighted by Gasteiger charge is 2.21. The third-order valence-corrected chi connectivity index (χ3v) is 3.55. The molecule has 0 amide bonds. The summed E-state index contributed by atoms with van der Waals surface area (Å²) in [5.74, 6) is -0.286. The molecule has 1 heterocycles. The summed E-state index contributed by atoms with van der Waals surface area (Å²) in [6.07, 6.45) is 0. The standard InChI is InChI=1S/C15H19ClFN3/c1-4-18-15(12-9-11(17)6-7-13(12)16)14-8-10(3)19-20(14)5-2/h6-9,15,18H,4-5H2,1-3H3. The number of benzene rings is 1. The van der Waals surface area contributed by atoms with Crippen LogP contribution >= 0.6 is 11.6 Å². The zero-order chi connectivity index (χ0) is 14.7. The Kier molecular flexibility index (Phi) is 4.78. The van der Waals surface area contributed by atoms with Crippen molar-refractivity contribution in [3.05, 3.63) is 52.1 Å². The highest BCUT2D eigenvalue weighted by Crippen LogP contribution is 2.29. The summed E-state index contributed by atoms with van der Waals surface area (Å²) in [6.45, 7) is 7.52. The van der Waals surface area contributed by atoms with Crippen LogP contribution in [0.25, 0.3) is 0 Å². The summed E-state index contributed by atoms with van der Waals surface area (Å²) < 4.78 is 15.5. The van der Waals surface area contributed by atoms with Crippen LogP contribution in [0.15, 0.2) is 24.3 Å². The fourth-order valence-corrected chi connectivity index (χ4v) is 2.59. The summed E-state index contributed by atoms with van der Waals surface area (Å²) in [5, 5.41) is 8.36. The monoisotopic (exact) mass is 295 g/mol. The Morgan fingerprint density at radius 1 is 1.35 bits per heavy atom. The average Bonchev–Trinajstić information content (AvgIpc) is 2.80. The van der Waals surface area contributed by atoms with E-state index in [9.17, 15) is 4.39 Å². The number of rotatable bonds is 5. The van der Waals surface area contributed by atoms with Crippen molar-refractivity contribution in [2.24, 2.45) is 0 Å². The van der Waals surface area contributed by atoms with Crippen LogP contribution < -0.4 is 5.32 Å². The van der Waals surface area contributed by atoms with E-state index in [1.165, 1.54) is 12.1 Å². The molecule has 0 aliphatic heterocycles. The van der Waals surface area contributed by atoms with E-state index in [2.05, 4.69) is 10.4 Å². The summed E-state index contributed by atoms with van der Waals surface area (Å²) in [6, 6.07) is 6.30. The largest absolute Gasteiger partial charge is 0.305 e. The molecular formula is C15H19ClFN3. The second-order valence-corrected chi connectivity index (χ2v) is 5.09. The zero-order valence-corrected chi connectivity index (χ0v) is 12.7. The Morgan fingerprint density at radius 2 is 2.10 bits per heavy atom. The molecule has 1 aromatic carbocycles. The number of aromatic nitrogens is 2. The summed E-state index contributed by atoms with van der Waals surface area (Å²) >= 11 is 6.24. The van der Waals surface area contributed by atoms with Crippen molar-refractivity contribution < 1.29 is 4.39 Å². The molecule has 0 saturated carbocycles. The molecule has 5 heteroatoms. The maximum absolute atomic E-state index is 13.5. The summed E-state index contributed by atoms with van der Waals surface area (Å²) in [4.78, 5) is 0. The van der Waals surface area contributed by atoms with Gasteiger partial charge in [0.15, 0.2) is 0 Å². The van der Waals surface area contributed by atoms with Crippen molar-refractivity contribution >= 4 is 11.6 Å². The van der Waals surface area contributed by atoms with Crippen molar-refractivity contribution in [1.82, 2.24) is 15.1 Å². The average molecular weight is 296 g/mol. The van der Waals surface area contributed by atoms with Gasteiger partial charge in [0.05, 0.1) is 17.4 Å². The van der Waals surface area contributed by atoms with Gasteiger partial charge in [0.2, 0.25) is 0 Å². The van der Waals surface area contributed by atoms with E-state index >= 15 is 0 Å². The fourth-order valence-electron chi connectivity index (χ4n) is 2.36. The molecule has 0 radical (unpaired) electrons. The van der Waals surface area contributed by atoms with E-state index in [0.717, 1.165) is 30.0 Å². The number of nitrogens with zero attached hydrogens (tertiary/aromatic N) is 2. The van der Waals surface area contributed by atoms with E-state index in [1.54, 1.807) is 6.07 Å². The molecule has 108 valence electrons. The van der Waals surface area contributed by atoms with Crippen molar-refractivity contribution in [3.63, 3.8) is 0 Å². The van der Waals surface area contributed by atoms with E-state index in [1.807, 2.05) is 31.5 Å². The molecule has 2 rings (SSSR count). The lowest BCUT2D eigenvalue weighted by atomic mass is 10.0. The van der Waals surface area contributed by atoms with Gasteiger partial charge in [0, 0.05) is 11.6 Å². The first-order valence-corrected chi connectivity index (χ1v) is 7.17. The summed E-state index contributed by atoms with van der Waals surface area (Å²) in [5.41, 5.74) is 2.68. The molecule has 3 nitrogen and oxygen atoms in total. The second kappa shape index (κ2) is 6.37. The maximum atomic E-state index is 13.5. The normalized spacial score (nSPS) is 12.7. The van der Waals surface area contributed by atoms with Gasteiger partial charge in [-0.25, -0.2) is 4.39 Å². The number of hydrogen-bond acceptors (Lipinski definition) is 2. The van der Waals surface area contributed by atoms with Gasteiger partial charge in [0.1, 0.15) is 5.82 Å². The first-order chi connectivity index (χ1) is 9.56. The first kappa shape index (κ1) is 15.0. The van der Waals surface area contributed by atoms with E-state index in [4.69, 9.17) is 11.6 Å². The van der Waals surface area contributed by atoms with E-state index in [-0.39, 0.29) is 11.9 Å². The van der Waals surface area contributed by atoms with Crippen LogP contribution in [0.3, 0.4) is 0 Å². The van der Waals surface area contributed by atoms with E-state index < -0.39 is 0 Å². The van der Waals surface area contributed by atoms with Gasteiger partial charge in [-0.05, 0) is 50.2 Å². The highest BCUT2D eigenvalue weighted by atomic mass is 35.5. The quantitative estimate of drug-likeness (QED) is 0.911. The molecule has 0 fully saturated rings. The van der Waals surface area contributed by atoms with Gasteiger partial charge in [-0.3, -0.25) is 4.68 Å². The molecule has 0 aliphatic rings. The zero-order valence-electron chi connectivity index (χ0n) is 12.0. The Bertz CT molecular complexity index is 595. The Morgan fingerprint density at radius 3 is 2.75 bits per heavy atom. The smallest absolute Gasteiger partial charge is 0.123 e. The molecule has 1 N–H and O–H groups in total. The van der Waals surface area contributed by atoms with Crippen LogP contribution in [0.1, 0.15) is 36.8 Å². The highest BCUT2D eigenvalue weighted by molar-refractivity contribution is 6.31. The summed E-state index contributed by atoms with van der Waals surface area (Å²) in [7, 11) is 0. The fraction of sp³-hybridized carbons (Fsp3) is 0.400. The number of halogens is 2. The molecule has 0 spiro atoms. The van der Waals surface area contributed by atoms with Crippen LogP contribution in [0.5, 0.6) is 0 Å². The van der Waals surface area contributed by atoms with Gasteiger partial charge in [0.25, 0.3) is 0 Å². The lowest BCUT2D eigenvalue weighted by Crippen LogP contribution is -2.25. The molecule has 0 aliphatic carbocycles. The first-order valence-electron chi connectivity index (χ1n) is 6.79. The lowest BCUT2D eigenvalue weighted by Gasteiger charge is -2.20. The minimum Gasteiger partial charge on any atom is -0.305 e. The molecule has 20 heavy (non-hydrogen) atoms. The number of aryl methyl sites for hydroxylation is 2. The topological polar surface area (TPSA) is 29.9 Å². The Hall–Kier alpha value is -1.39. The Balaban J connectivity index is 2.52. The van der Waals surface area contributed by atoms with Gasteiger partial charge in [-0.1, -0.05) is 18.5 Å². The van der Waals surface area contributed by atoms with Gasteiger partial charge in [-0.2, -0.15) is 5.10 Å². The minimum absolute atomic E-state index is 0.163. The molecule has 0 bridgehead atoms.